The van der Waals surface area contributed by atoms with E-state index in [1.165, 1.54) is 0 Å². The molecule has 0 fully saturated rings. The Morgan fingerprint density at radius 2 is 1.60 bits per heavy atom. The van der Waals surface area contributed by atoms with E-state index in [1.54, 1.807) is 0 Å². The van der Waals surface area contributed by atoms with Crippen molar-refractivity contribution in [2.45, 2.75) is 38.3 Å². The second kappa shape index (κ2) is 7.93. The molecule has 0 aliphatic rings. The minimum absolute atomic E-state index is 0.191. The normalized spacial score (nSPS) is 12.4. The van der Waals surface area contributed by atoms with Gasteiger partial charge in [0.2, 0.25) is 0 Å². The maximum absolute atomic E-state index is 11.8. The highest BCUT2D eigenvalue weighted by Crippen LogP contribution is 2.21. The van der Waals surface area contributed by atoms with Crippen LogP contribution in [0.25, 0.3) is 0 Å². The summed E-state index contributed by atoms with van der Waals surface area (Å²) in [6.45, 7) is 2.07. The molecule has 0 aliphatic carbocycles. The van der Waals surface area contributed by atoms with Crippen molar-refractivity contribution in [3.05, 3.63) is 0 Å². The summed E-state index contributed by atoms with van der Waals surface area (Å²) >= 11 is 0. The van der Waals surface area contributed by atoms with Crippen LogP contribution in [0.5, 0.6) is 0 Å². The molecule has 0 atom stereocenters. The zero-order chi connectivity index (χ0) is 11.7. The minimum Gasteiger partial charge on any atom is -0.330 e. The molecule has 15 heavy (non-hydrogen) atoms. The Morgan fingerprint density at radius 3 is 2.13 bits per heavy atom. The Hall–Kier alpha value is -0.290. The molecule has 2 nitrogen and oxygen atoms in total. The zero-order valence-electron chi connectivity index (χ0n) is 9.32. The predicted octanol–water partition coefficient (Wildman–Crippen LogP) is 2.39. The first-order valence-corrected chi connectivity index (χ1v) is 5.41. The fourth-order valence-corrected chi connectivity index (χ4v) is 1.36. The Bertz CT molecular complexity index is 148. The average Bonchev–Trinajstić information content (AvgIpc) is 2.10. The van der Waals surface area contributed by atoms with Gasteiger partial charge in [0.15, 0.2) is 0 Å². The van der Waals surface area contributed by atoms with Gasteiger partial charge in [0.25, 0.3) is 0 Å². The van der Waals surface area contributed by atoms with E-state index >= 15 is 0 Å². The fraction of sp³-hybridized carbons (Fsp3) is 1.00. The number of rotatable bonds is 8. The molecule has 5 heteroatoms. The third-order valence-electron chi connectivity index (χ3n) is 2.24. The van der Waals surface area contributed by atoms with Crippen molar-refractivity contribution in [1.29, 1.82) is 0 Å². The number of unbranched alkanes of at least 4 members (excludes halogenated alkanes) is 2. The van der Waals surface area contributed by atoms with Crippen molar-refractivity contribution in [2.75, 3.05) is 26.7 Å². The van der Waals surface area contributed by atoms with Gasteiger partial charge in [-0.1, -0.05) is 6.42 Å². The van der Waals surface area contributed by atoms with Crippen molar-refractivity contribution >= 4 is 0 Å². The number of hydrogen-bond acceptors (Lipinski definition) is 2. The van der Waals surface area contributed by atoms with Crippen molar-refractivity contribution in [1.82, 2.24) is 4.90 Å². The lowest BCUT2D eigenvalue weighted by molar-refractivity contribution is -0.136. The number of nitrogens with two attached hydrogens (primary N) is 1. The van der Waals surface area contributed by atoms with Crippen LogP contribution in [0.1, 0.15) is 32.1 Å². The van der Waals surface area contributed by atoms with Gasteiger partial charge in [-0.05, 0) is 45.9 Å². The van der Waals surface area contributed by atoms with E-state index in [-0.39, 0.29) is 6.42 Å². The van der Waals surface area contributed by atoms with Gasteiger partial charge >= 0.3 is 6.18 Å². The van der Waals surface area contributed by atoms with Gasteiger partial charge in [-0.3, -0.25) is 0 Å². The number of alkyl halides is 3. The molecule has 0 unspecified atom stereocenters. The van der Waals surface area contributed by atoms with Crippen LogP contribution in [0.15, 0.2) is 0 Å². The Kier molecular flexibility index (Phi) is 7.78. The van der Waals surface area contributed by atoms with E-state index < -0.39 is 12.6 Å². The van der Waals surface area contributed by atoms with Crippen LogP contribution in [0.4, 0.5) is 13.2 Å². The van der Waals surface area contributed by atoms with Gasteiger partial charge in [0.1, 0.15) is 0 Å². The third kappa shape index (κ3) is 11.6. The first kappa shape index (κ1) is 14.7. The molecular weight excluding hydrogens is 205 g/mol. The molecule has 0 rings (SSSR count). The Morgan fingerprint density at radius 1 is 1.00 bits per heavy atom. The van der Waals surface area contributed by atoms with Gasteiger partial charge in [0, 0.05) is 6.42 Å². The maximum atomic E-state index is 11.8. The summed E-state index contributed by atoms with van der Waals surface area (Å²) in [5.41, 5.74) is 5.33. The second-order valence-corrected chi connectivity index (χ2v) is 3.87. The quantitative estimate of drug-likeness (QED) is 0.644. The van der Waals surface area contributed by atoms with E-state index in [2.05, 4.69) is 0 Å². The summed E-state index contributed by atoms with van der Waals surface area (Å²) in [6.07, 6.45) is -1.44. The predicted molar refractivity (Wildman–Crippen MR) is 55.7 cm³/mol. The highest BCUT2D eigenvalue weighted by Gasteiger charge is 2.26. The first-order chi connectivity index (χ1) is 6.95. The van der Waals surface area contributed by atoms with Gasteiger partial charge < -0.3 is 10.6 Å². The fourth-order valence-electron chi connectivity index (χ4n) is 1.36. The molecule has 0 spiro atoms. The molecule has 2 N–H and O–H groups in total. The molecule has 0 aromatic rings. The van der Waals surface area contributed by atoms with Crippen LogP contribution in [-0.2, 0) is 0 Å². The van der Waals surface area contributed by atoms with Gasteiger partial charge in [-0.2, -0.15) is 13.2 Å². The number of halogens is 3. The van der Waals surface area contributed by atoms with Crippen molar-refractivity contribution in [2.24, 2.45) is 5.73 Å². The molecule has 0 saturated carbocycles. The molecule has 0 aliphatic heterocycles. The molecule has 0 amide bonds. The number of hydrogen-bond donors (Lipinski definition) is 1. The minimum atomic E-state index is -4.01. The van der Waals surface area contributed by atoms with Crippen molar-refractivity contribution < 1.29 is 13.2 Å². The van der Waals surface area contributed by atoms with E-state index in [0.717, 1.165) is 25.8 Å². The molecule has 0 bridgehead atoms. The van der Waals surface area contributed by atoms with E-state index in [9.17, 15) is 13.2 Å². The lowest BCUT2D eigenvalue weighted by Crippen LogP contribution is -2.22. The van der Waals surface area contributed by atoms with E-state index in [0.29, 0.717) is 13.1 Å². The molecule has 0 aromatic carbocycles. The summed E-state index contributed by atoms with van der Waals surface area (Å²) in [4.78, 5) is 1.95. The van der Waals surface area contributed by atoms with Gasteiger partial charge in [0.05, 0.1) is 0 Å². The van der Waals surface area contributed by atoms with Crippen molar-refractivity contribution in [3.8, 4) is 0 Å². The van der Waals surface area contributed by atoms with Crippen LogP contribution < -0.4 is 5.73 Å². The summed E-state index contributed by atoms with van der Waals surface area (Å²) in [6, 6.07) is 0. The molecule has 0 aromatic heterocycles. The highest BCUT2D eigenvalue weighted by atomic mass is 19.4. The first-order valence-electron chi connectivity index (χ1n) is 5.41. The Labute approximate surface area is 89.6 Å². The van der Waals surface area contributed by atoms with Crippen LogP contribution in [0.3, 0.4) is 0 Å². The molecule has 0 radical (unpaired) electrons. The lowest BCUT2D eigenvalue weighted by Gasteiger charge is -2.16. The van der Waals surface area contributed by atoms with Crippen molar-refractivity contribution in [3.63, 3.8) is 0 Å². The molecule has 0 saturated heterocycles. The highest BCUT2D eigenvalue weighted by molar-refractivity contribution is 4.56. The SMILES string of the molecule is CN(CCCCCN)CCCC(F)(F)F. The third-order valence-corrected chi connectivity index (χ3v) is 2.24. The van der Waals surface area contributed by atoms with Gasteiger partial charge in [-0.15, -0.1) is 0 Å². The van der Waals surface area contributed by atoms with Crippen LogP contribution in [0, 0.1) is 0 Å². The van der Waals surface area contributed by atoms with Crippen LogP contribution in [-0.4, -0.2) is 37.8 Å². The molecular formula is C10H21F3N2. The summed E-state index contributed by atoms with van der Waals surface area (Å²) in [5, 5.41) is 0. The molecule has 0 heterocycles. The second-order valence-electron chi connectivity index (χ2n) is 3.87. The smallest absolute Gasteiger partial charge is 0.330 e. The molecule has 92 valence electrons. The summed E-state index contributed by atoms with van der Waals surface area (Å²) in [5.74, 6) is 0. The van der Waals surface area contributed by atoms with Crippen LogP contribution in [0.2, 0.25) is 0 Å². The summed E-state index contributed by atoms with van der Waals surface area (Å²) in [7, 11) is 1.86. The summed E-state index contributed by atoms with van der Waals surface area (Å²) < 4.78 is 35.5. The standard InChI is InChI=1S/C10H21F3N2/c1-15(8-4-2-3-7-14)9-5-6-10(11,12)13/h2-9,14H2,1H3. The largest absolute Gasteiger partial charge is 0.389 e. The maximum Gasteiger partial charge on any atom is 0.389 e. The monoisotopic (exact) mass is 226 g/mol. The van der Waals surface area contributed by atoms with Gasteiger partial charge in [-0.25, -0.2) is 0 Å². The van der Waals surface area contributed by atoms with E-state index in [4.69, 9.17) is 5.73 Å². The topological polar surface area (TPSA) is 29.3 Å². The Balaban J connectivity index is 3.29. The average molecular weight is 226 g/mol. The van der Waals surface area contributed by atoms with Crippen LogP contribution >= 0.6 is 0 Å². The zero-order valence-corrected chi connectivity index (χ0v) is 9.32. The lowest BCUT2D eigenvalue weighted by atomic mass is 10.2. The number of nitrogens with zero attached hydrogens (tertiary/aromatic N) is 1. The van der Waals surface area contributed by atoms with E-state index in [1.807, 2.05) is 11.9 Å².